The van der Waals surface area contributed by atoms with Gasteiger partial charge in [-0.3, -0.25) is 9.59 Å². The standard InChI is InChI=1S/C61H111NO10/c1-4-7-10-13-16-19-22-25-26-27-28-29-31-33-36-39-42-45-48-54(65)60(69)62-52(53(64)47-44-41-38-35-32-24-21-18-15-12-9-6-3)51-70-61-59(58(68)57(67)55(50-63)71-61)72-56(66)49-46-43-40-37-34-30-23-20-17-14-11-8-5-2/h16,19,25-26,28-29,44,47,52-55,57-59,61,63-65,67-68H,4-15,17-18,20-24,27,30-43,45-46,48-51H2,1-3H3,(H,62,69)/b19-16-,26-25-,29-28-,47-44+. The van der Waals surface area contributed by atoms with Crippen molar-refractivity contribution in [2.24, 2.45) is 0 Å². The Hall–Kier alpha value is -2.38. The molecule has 1 amide bonds. The van der Waals surface area contributed by atoms with Crippen LogP contribution in [0.5, 0.6) is 0 Å². The van der Waals surface area contributed by atoms with E-state index < -0.39 is 67.4 Å². The van der Waals surface area contributed by atoms with Gasteiger partial charge in [0, 0.05) is 6.42 Å². The van der Waals surface area contributed by atoms with E-state index in [0.717, 1.165) is 83.5 Å². The average Bonchev–Trinajstić information content (AvgIpc) is 3.38. The van der Waals surface area contributed by atoms with E-state index in [2.05, 4.69) is 62.5 Å². The lowest BCUT2D eigenvalue weighted by atomic mass is 9.99. The zero-order valence-electron chi connectivity index (χ0n) is 46.3. The molecule has 8 atom stereocenters. The first-order valence-corrected chi connectivity index (χ1v) is 29.9. The molecule has 420 valence electrons. The maximum Gasteiger partial charge on any atom is 0.306 e. The van der Waals surface area contributed by atoms with E-state index in [1.54, 1.807) is 6.08 Å². The molecule has 0 aromatic rings. The van der Waals surface area contributed by atoms with Gasteiger partial charge < -0.3 is 45.1 Å². The highest BCUT2D eigenvalue weighted by molar-refractivity contribution is 5.80. The highest BCUT2D eigenvalue weighted by Gasteiger charge is 2.47. The highest BCUT2D eigenvalue weighted by Crippen LogP contribution is 2.26. The summed E-state index contributed by atoms with van der Waals surface area (Å²) in [4.78, 5) is 26.5. The molecule has 0 aliphatic carbocycles. The number of hydrogen-bond acceptors (Lipinski definition) is 10. The summed E-state index contributed by atoms with van der Waals surface area (Å²) in [7, 11) is 0. The van der Waals surface area contributed by atoms with Gasteiger partial charge in [0.25, 0.3) is 0 Å². The van der Waals surface area contributed by atoms with E-state index in [9.17, 15) is 35.1 Å². The predicted molar refractivity (Wildman–Crippen MR) is 297 cm³/mol. The third kappa shape index (κ3) is 37.4. The van der Waals surface area contributed by atoms with E-state index >= 15 is 0 Å². The van der Waals surface area contributed by atoms with Crippen molar-refractivity contribution in [3.05, 3.63) is 48.6 Å². The van der Waals surface area contributed by atoms with Crippen LogP contribution in [0, 0.1) is 0 Å². The van der Waals surface area contributed by atoms with Gasteiger partial charge in [-0.15, -0.1) is 0 Å². The molecule has 11 nitrogen and oxygen atoms in total. The van der Waals surface area contributed by atoms with Gasteiger partial charge in [0.2, 0.25) is 5.91 Å². The number of rotatable bonds is 50. The van der Waals surface area contributed by atoms with E-state index in [1.807, 2.05) is 6.08 Å². The average molecular weight is 1020 g/mol. The quantitative estimate of drug-likeness (QED) is 0.0195. The third-order valence-corrected chi connectivity index (χ3v) is 14.0. The number of hydrogen-bond donors (Lipinski definition) is 6. The predicted octanol–water partition coefficient (Wildman–Crippen LogP) is 13.7. The normalized spacial score (nSPS) is 19.8. The van der Waals surface area contributed by atoms with Crippen molar-refractivity contribution >= 4 is 11.9 Å². The maximum atomic E-state index is 13.4. The van der Waals surface area contributed by atoms with Crippen molar-refractivity contribution < 1.29 is 49.3 Å². The van der Waals surface area contributed by atoms with Crippen molar-refractivity contribution in [1.29, 1.82) is 0 Å². The summed E-state index contributed by atoms with van der Waals surface area (Å²) in [6, 6.07) is -1.03. The summed E-state index contributed by atoms with van der Waals surface area (Å²) in [5.74, 6) is -1.20. The van der Waals surface area contributed by atoms with Crippen molar-refractivity contribution in [3.8, 4) is 0 Å². The molecule has 1 aliphatic heterocycles. The largest absolute Gasteiger partial charge is 0.454 e. The van der Waals surface area contributed by atoms with Crippen LogP contribution in [-0.2, 0) is 23.8 Å². The molecule has 0 spiro atoms. The lowest BCUT2D eigenvalue weighted by Crippen LogP contribution is -2.61. The molecule has 1 heterocycles. The molecule has 1 fully saturated rings. The molecule has 1 rings (SSSR count). The van der Waals surface area contributed by atoms with Crippen LogP contribution >= 0.6 is 0 Å². The van der Waals surface area contributed by atoms with Gasteiger partial charge in [-0.2, -0.15) is 0 Å². The number of allylic oxidation sites excluding steroid dienone is 7. The van der Waals surface area contributed by atoms with Gasteiger partial charge >= 0.3 is 5.97 Å². The van der Waals surface area contributed by atoms with Gasteiger partial charge in [0.1, 0.15) is 24.4 Å². The fraction of sp³-hybridized carbons (Fsp3) is 0.836. The number of ether oxygens (including phenoxy) is 3. The van der Waals surface area contributed by atoms with Crippen LogP contribution in [0.2, 0.25) is 0 Å². The molecule has 0 bridgehead atoms. The second kappa shape index (κ2) is 49.5. The fourth-order valence-corrected chi connectivity index (χ4v) is 9.19. The van der Waals surface area contributed by atoms with Crippen LogP contribution < -0.4 is 5.32 Å². The minimum atomic E-state index is -1.61. The number of amides is 1. The SMILES string of the molecule is CCCCC/C=C\C/C=C\C/C=C\CCCCCCCC(O)C(=O)NC(COC1OC(CO)C(O)C(O)C1OC(=O)CCCCCCCCCCCCCCC)C(O)/C=C/CCCCCCCCCCCC. The molecular formula is C61H111NO10. The first kappa shape index (κ1) is 67.6. The smallest absolute Gasteiger partial charge is 0.306 e. The Labute approximate surface area is 440 Å². The van der Waals surface area contributed by atoms with Gasteiger partial charge in [-0.05, 0) is 64.2 Å². The van der Waals surface area contributed by atoms with Crippen LogP contribution in [0.15, 0.2) is 48.6 Å². The maximum absolute atomic E-state index is 13.4. The highest BCUT2D eigenvalue weighted by atomic mass is 16.7. The zero-order valence-corrected chi connectivity index (χ0v) is 46.3. The van der Waals surface area contributed by atoms with Crippen molar-refractivity contribution in [2.45, 2.75) is 314 Å². The van der Waals surface area contributed by atoms with E-state index in [-0.39, 0.29) is 19.4 Å². The summed E-state index contributed by atoms with van der Waals surface area (Å²) in [6.07, 6.45) is 48.6. The molecule has 72 heavy (non-hydrogen) atoms. The van der Waals surface area contributed by atoms with Gasteiger partial charge in [-0.25, -0.2) is 0 Å². The second-order valence-corrected chi connectivity index (χ2v) is 20.7. The summed E-state index contributed by atoms with van der Waals surface area (Å²) >= 11 is 0. The number of nitrogens with one attached hydrogen (secondary N) is 1. The summed E-state index contributed by atoms with van der Waals surface area (Å²) in [5, 5.41) is 56.8. The molecule has 8 unspecified atom stereocenters. The number of carbonyl (C=O) groups excluding carboxylic acids is 2. The topological polar surface area (TPSA) is 175 Å². The summed E-state index contributed by atoms with van der Waals surface area (Å²) in [6.45, 7) is 5.75. The number of esters is 1. The molecule has 6 N–H and O–H groups in total. The van der Waals surface area contributed by atoms with Crippen molar-refractivity contribution in [2.75, 3.05) is 13.2 Å². The summed E-state index contributed by atoms with van der Waals surface area (Å²) in [5.41, 5.74) is 0. The molecule has 1 saturated heterocycles. The van der Waals surface area contributed by atoms with Crippen LogP contribution in [0.25, 0.3) is 0 Å². The van der Waals surface area contributed by atoms with Crippen molar-refractivity contribution in [1.82, 2.24) is 5.32 Å². The summed E-state index contributed by atoms with van der Waals surface area (Å²) < 4.78 is 17.6. The monoisotopic (exact) mass is 1020 g/mol. The Morgan fingerprint density at radius 3 is 1.46 bits per heavy atom. The number of aliphatic hydroxyl groups excluding tert-OH is 5. The fourth-order valence-electron chi connectivity index (χ4n) is 9.19. The Kier molecular flexibility index (Phi) is 46.5. The van der Waals surface area contributed by atoms with E-state index in [0.29, 0.717) is 12.8 Å². The van der Waals surface area contributed by atoms with Crippen LogP contribution in [-0.4, -0.2) is 99.6 Å². The Morgan fingerprint density at radius 1 is 0.542 bits per heavy atom. The van der Waals surface area contributed by atoms with Gasteiger partial charge in [0.15, 0.2) is 12.4 Å². The third-order valence-electron chi connectivity index (χ3n) is 14.0. The molecule has 1 aliphatic rings. The number of unbranched alkanes of at least 4 members (excludes halogenated alkanes) is 30. The Bertz CT molecular complexity index is 1350. The molecular weight excluding hydrogens is 907 g/mol. The van der Waals surface area contributed by atoms with Gasteiger partial charge in [-0.1, -0.05) is 243 Å². The molecule has 0 radical (unpaired) electrons. The second-order valence-electron chi connectivity index (χ2n) is 20.7. The molecule has 0 aromatic carbocycles. The first-order chi connectivity index (χ1) is 35.2. The van der Waals surface area contributed by atoms with E-state index in [4.69, 9.17) is 14.2 Å². The van der Waals surface area contributed by atoms with E-state index in [1.165, 1.54) is 135 Å². The van der Waals surface area contributed by atoms with Gasteiger partial charge in [0.05, 0.1) is 25.4 Å². The minimum Gasteiger partial charge on any atom is -0.454 e. The lowest BCUT2D eigenvalue weighted by molar-refractivity contribution is -0.305. The van der Waals surface area contributed by atoms with Crippen molar-refractivity contribution in [3.63, 3.8) is 0 Å². The molecule has 0 aromatic heterocycles. The Balaban J connectivity index is 2.72. The van der Waals surface area contributed by atoms with Crippen LogP contribution in [0.1, 0.15) is 265 Å². The Morgan fingerprint density at radius 2 is 0.958 bits per heavy atom. The molecule has 11 heteroatoms. The van der Waals surface area contributed by atoms with Crippen LogP contribution in [0.4, 0.5) is 0 Å². The first-order valence-electron chi connectivity index (χ1n) is 29.9. The number of carbonyl (C=O) groups is 2. The molecule has 0 saturated carbocycles. The minimum absolute atomic E-state index is 0.125. The zero-order chi connectivity index (χ0) is 52.5. The number of aliphatic hydroxyl groups is 5. The van der Waals surface area contributed by atoms with Crippen LogP contribution in [0.3, 0.4) is 0 Å². The lowest BCUT2D eigenvalue weighted by Gasteiger charge is -2.41.